The molecule has 0 spiro atoms. The summed E-state index contributed by atoms with van der Waals surface area (Å²) in [6.07, 6.45) is 5.40. The molecule has 0 atom stereocenters. The summed E-state index contributed by atoms with van der Waals surface area (Å²) in [5.74, 6) is -0.354. The topological polar surface area (TPSA) is 64.0 Å². The third kappa shape index (κ3) is 3.08. The second kappa shape index (κ2) is 6.84. The molecule has 0 fully saturated rings. The molecule has 2 heterocycles. The summed E-state index contributed by atoms with van der Waals surface area (Å²) in [7, 11) is 0. The quantitative estimate of drug-likeness (QED) is 0.564. The average Bonchev–Trinajstić information content (AvgIpc) is 2.71. The summed E-state index contributed by atoms with van der Waals surface area (Å²) in [4.78, 5) is 27.6. The maximum atomic E-state index is 13.3. The minimum absolute atomic E-state index is 0.151. The summed E-state index contributed by atoms with van der Waals surface area (Å²) in [5.41, 5.74) is 3.06. The molecular weight excluding hydrogens is 345 g/mol. The van der Waals surface area contributed by atoms with Gasteiger partial charge in [0.1, 0.15) is 11.5 Å². The molecular formula is C21H14FN3O2. The maximum Gasteiger partial charge on any atom is 0.212 e. The van der Waals surface area contributed by atoms with E-state index in [4.69, 9.17) is 0 Å². The minimum atomic E-state index is -0.354. The molecule has 0 unspecified atom stereocenters. The number of nitrogens with zero attached hydrogens (tertiary/aromatic N) is 2. The molecule has 1 amide bonds. The Labute approximate surface area is 153 Å². The predicted molar refractivity (Wildman–Crippen MR) is 102 cm³/mol. The summed E-state index contributed by atoms with van der Waals surface area (Å²) in [6, 6.07) is 15.1. The van der Waals surface area contributed by atoms with Crippen LogP contribution in [0, 0.1) is 5.82 Å². The number of aromatic nitrogens is 2. The van der Waals surface area contributed by atoms with Gasteiger partial charge in [-0.3, -0.25) is 14.6 Å². The van der Waals surface area contributed by atoms with Gasteiger partial charge in [0.25, 0.3) is 0 Å². The fourth-order valence-electron chi connectivity index (χ4n) is 3.03. The van der Waals surface area contributed by atoms with Crippen molar-refractivity contribution in [1.82, 2.24) is 9.55 Å². The molecule has 4 aromatic rings. The van der Waals surface area contributed by atoms with Gasteiger partial charge in [-0.05, 0) is 59.7 Å². The Morgan fingerprint density at radius 3 is 2.41 bits per heavy atom. The van der Waals surface area contributed by atoms with Gasteiger partial charge in [0, 0.05) is 29.7 Å². The van der Waals surface area contributed by atoms with Crippen LogP contribution in [0.1, 0.15) is 0 Å². The Hall–Kier alpha value is -3.80. The summed E-state index contributed by atoms with van der Waals surface area (Å²) in [6.45, 7) is 0. The molecule has 0 saturated carbocycles. The molecule has 0 aliphatic rings. The zero-order chi connectivity index (χ0) is 18.8. The van der Waals surface area contributed by atoms with E-state index >= 15 is 0 Å². The van der Waals surface area contributed by atoms with Crippen molar-refractivity contribution in [1.29, 1.82) is 0 Å². The van der Waals surface area contributed by atoms with E-state index in [1.165, 1.54) is 12.1 Å². The van der Waals surface area contributed by atoms with Gasteiger partial charge >= 0.3 is 0 Å². The lowest BCUT2D eigenvalue weighted by Crippen LogP contribution is -2.14. The molecule has 6 heteroatoms. The largest absolute Gasteiger partial charge is 0.324 e. The second-order valence-corrected chi connectivity index (χ2v) is 5.95. The number of carbonyl (C=O) groups excluding carboxylic acids is 1. The number of nitrogens with one attached hydrogen (secondary N) is 1. The van der Waals surface area contributed by atoms with E-state index in [9.17, 15) is 14.0 Å². The van der Waals surface area contributed by atoms with E-state index in [1.54, 1.807) is 41.4 Å². The molecule has 4 rings (SSSR count). The normalized spacial score (nSPS) is 10.7. The van der Waals surface area contributed by atoms with Gasteiger partial charge in [0.2, 0.25) is 11.8 Å². The number of fused-ring (bicyclic) bond motifs is 1. The van der Waals surface area contributed by atoms with Crippen LogP contribution in [-0.4, -0.2) is 16.0 Å². The van der Waals surface area contributed by atoms with E-state index in [-0.39, 0.29) is 16.9 Å². The molecule has 0 bridgehead atoms. The first-order valence-corrected chi connectivity index (χ1v) is 8.23. The van der Waals surface area contributed by atoms with Gasteiger partial charge in [-0.2, -0.15) is 0 Å². The first-order valence-electron chi connectivity index (χ1n) is 8.23. The number of rotatable bonds is 4. The molecule has 0 radical (unpaired) electrons. The van der Waals surface area contributed by atoms with Crippen LogP contribution >= 0.6 is 0 Å². The molecule has 0 saturated heterocycles. The first kappa shape index (κ1) is 16.7. The summed E-state index contributed by atoms with van der Waals surface area (Å²) < 4.78 is 15.1. The second-order valence-electron chi connectivity index (χ2n) is 5.95. The number of anilines is 1. The number of benzene rings is 2. The van der Waals surface area contributed by atoms with Crippen molar-refractivity contribution in [2.45, 2.75) is 0 Å². The van der Waals surface area contributed by atoms with Crippen molar-refractivity contribution in [3.63, 3.8) is 0 Å². The fraction of sp³-hybridized carbons (Fsp3) is 0. The molecule has 132 valence electrons. The van der Waals surface area contributed by atoms with Crippen LogP contribution in [0.25, 0.3) is 27.7 Å². The van der Waals surface area contributed by atoms with Gasteiger partial charge in [0.05, 0.1) is 5.52 Å². The van der Waals surface area contributed by atoms with Crippen LogP contribution < -0.4 is 10.7 Å². The predicted octanol–water partition coefficient (Wildman–Crippen LogP) is 3.76. The van der Waals surface area contributed by atoms with Crippen LogP contribution in [0.2, 0.25) is 0 Å². The highest BCUT2D eigenvalue weighted by molar-refractivity contribution is 5.89. The summed E-state index contributed by atoms with van der Waals surface area (Å²) >= 11 is 0. The van der Waals surface area contributed by atoms with Crippen molar-refractivity contribution >= 4 is 23.0 Å². The molecule has 27 heavy (non-hydrogen) atoms. The molecule has 1 N–H and O–H groups in total. The Balaban J connectivity index is 2.02. The van der Waals surface area contributed by atoms with Crippen LogP contribution in [0.15, 0.2) is 78.0 Å². The van der Waals surface area contributed by atoms with Crippen LogP contribution in [0.3, 0.4) is 0 Å². The number of pyridine rings is 2. The van der Waals surface area contributed by atoms with E-state index in [0.717, 1.165) is 11.1 Å². The average molecular weight is 359 g/mol. The lowest BCUT2D eigenvalue weighted by atomic mass is 10.0. The first-order chi connectivity index (χ1) is 13.2. The Bertz CT molecular complexity index is 1190. The van der Waals surface area contributed by atoms with E-state index in [0.29, 0.717) is 23.0 Å². The van der Waals surface area contributed by atoms with Crippen molar-refractivity contribution in [2.75, 3.05) is 5.32 Å². The number of hydrogen-bond acceptors (Lipinski definition) is 3. The van der Waals surface area contributed by atoms with Crippen LogP contribution in [0.5, 0.6) is 0 Å². The highest BCUT2D eigenvalue weighted by Gasteiger charge is 2.12. The summed E-state index contributed by atoms with van der Waals surface area (Å²) in [5, 5.41) is 2.89. The minimum Gasteiger partial charge on any atom is -0.324 e. The van der Waals surface area contributed by atoms with Gasteiger partial charge in [-0.15, -0.1) is 0 Å². The fourth-order valence-corrected chi connectivity index (χ4v) is 3.03. The lowest BCUT2D eigenvalue weighted by Gasteiger charge is -2.14. The van der Waals surface area contributed by atoms with Gasteiger partial charge in [-0.25, -0.2) is 4.39 Å². The van der Waals surface area contributed by atoms with Crippen LogP contribution in [0.4, 0.5) is 10.1 Å². The Kier molecular flexibility index (Phi) is 4.22. The molecule has 2 aromatic carbocycles. The molecule has 0 aliphatic carbocycles. The molecule has 2 aromatic heterocycles. The standard InChI is InChI=1S/C21H14FN3O2/c22-16-2-4-17(5-3-16)25-12-19(24-13-26)21(27)18-6-1-15(11-20(18)25)14-7-9-23-10-8-14/h1-13H,(H,24,26). The van der Waals surface area contributed by atoms with E-state index in [2.05, 4.69) is 10.3 Å². The Morgan fingerprint density at radius 2 is 1.70 bits per heavy atom. The third-order valence-corrected chi connectivity index (χ3v) is 4.34. The van der Waals surface area contributed by atoms with E-state index in [1.807, 2.05) is 24.3 Å². The number of hydrogen-bond donors (Lipinski definition) is 1. The highest BCUT2D eigenvalue weighted by atomic mass is 19.1. The van der Waals surface area contributed by atoms with Gasteiger partial charge in [-0.1, -0.05) is 6.07 Å². The van der Waals surface area contributed by atoms with Crippen molar-refractivity contribution < 1.29 is 9.18 Å². The molecule has 0 aliphatic heterocycles. The number of amides is 1. The smallest absolute Gasteiger partial charge is 0.212 e. The van der Waals surface area contributed by atoms with Crippen molar-refractivity contribution in [2.24, 2.45) is 0 Å². The number of halogens is 1. The Morgan fingerprint density at radius 1 is 0.963 bits per heavy atom. The van der Waals surface area contributed by atoms with Gasteiger partial charge in [0.15, 0.2) is 0 Å². The number of carbonyl (C=O) groups is 1. The van der Waals surface area contributed by atoms with Gasteiger partial charge < -0.3 is 9.88 Å². The van der Waals surface area contributed by atoms with Crippen molar-refractivity contribution in [3.05, 3.63) is 89.2 Å². The third-order valence-electron chi connectivity index (χ3n) is 4.34. The van der Waals surface area contributed by atoms with Crippen LogP contribution in [-0.2, 0) is 4.79 Å². The SMILES string of the molecule is O=CNc1cn(-c2ccc(F)cc2)c2cc(-c3ccncc3)ccc2c1=O. The van der Waals surface area contributed by atoms with E-state index < -0.39 is 0 Å². The molecule has 5 nitrogen and oxygen atoms in total. The van der Waals surface area contributed by atoms with Crippen molar-refractivity contribution in [3.8, 4) is 16.8 Å². The maximum absolute atomic E-state index is 13.3. The zero-order valence-corrected chi connectivity index (χ0v) is 14.1. The monoisotopic (exact) mass is 359 g/mol. The lowest BCUT2D eigenvalue weighted by molar-refractivity contribution is -0.105. The zero-order valence-electron chi connectivity index (χ0n) is 14.1. The highest BCUT2D eigenvalue weighted by Crippen LogP contribution is 2.26.